The minimum absolute atomic E-state index is 0.180. The van der Waals surface area contributed by atoms with Crippen LogP contribution in [0.5, 0.6) is 0 Å². The van der Waals surface area contributed by atoms with E-state index >= 15 is 0 Å². The smallest absolute Gasteiger partial charge is 0.0629 e. The summed E-state index contributed by atoms with van der Waals surface area (Å²) in [5, 5.41) is 8.72. The Hall–Kier alpha value is -0.590. The molecule has 0 amide bonds. The van der Waals surface area contributed by atoms with E-state index in [0.717, 1.165) is 19.8 Å². The summed E-state index contributed by atoms with van der Waals surface area (Å²) in [6.07, 6.45) is 3.30. The summed E-state index contributed by atoms with van der Waals surface area (Å²) in [6.45, 7) is 9.08. The molecule has 0 radical (unpaired) electrons. The van der Waals surface area contributed by atoms with Crippen LogP contribution in [0.3, 0.4) is 0 Å². The van der Waals surface area contributed by atoms with Crippen LogP contribution in [0, 0.1) is 16.7 Å². The first-order valence-corrected chi connectivity index (χ1v) is 6.02. The lowest BCUT2D eigenvalue weighted by atomic mass is 9.82. The van der Waals surface area contributed by atoms with E-state index in [1.54, 1.807) is 0 Å². The first-order valence-electron chi connectivity index (χ1n) is 6.02. The van der Waals surface area contributed by atoms with Crippen molar-refractivity contribution in [3.05, 3.63) is 0 Å². The Morgan fingerprint density at radius 1 is 1.27 bits per heavy atom. The topological polar surface area (TPSA) is 36.3 Å². The molecular weight excluding hydrogens is 188 g/mol. The van der Waals surface area contributed by atoms with Gasteiger partial charge in [-0.15, -0.1) is 0 Å². The molecule has 2 saturated heterocycles. The molecule has 2 fully saturated rings. The van der Waals surface area contributed by atoms with Crippen molar-refractivity contribution in [2.45, 2.75) is 33.1 Å². The monoisotopic (exact) mass is 210 g/mol. The number of hydrogen-bond acceptors (Lipinski definition) is 3. The summed E-state index contributed by atoms with van der Waals surface area (Å²) in [5.74, 6) is 0. The van der Waals surface area contributed by atoms with Crippen molar-refractivity contribution in [2.75, 3.05) is 32.8 Å². The van der Waals surface area contributed by atoms with Gasteiger partial charge >= 0.3 is 0 Å². The van der Waals surface area contributed by atoms with Gasteiger partial charge in [-0.25, -0.2) is 0 Å². The molecule has 0 N–H and O–H groups in total. The van der Waals surface area contributed by atoms with Gasteiger partial charge in [0.15, 0.2) is 0 Å². The molecule has 0 unspecified atom stereocenters. The third-order valence-corrected chi connectivity index (χ3v) is 3.03. The van der Waals surface area contributed by atoms with Crippen molar-refractivity contribution < 1.29 is 4.74 Å². The summed E-state index contributed by atoms with van der Waals surface area (Å²) in [5.41, 5.74) is 0.180. The summed E-state index contributed by atoms with van der Waals surface area (Å²) in [7, 11) is 0. The van der Waals surface area contributed by atoms with Crippen molar-refractivity contribution in [2.24, 2.45) is 5.41 Å². The van der Waals surface area contributed by atoms with E-state index in [0.29, 0.717) is 6.42 Å². The lowest BCUT2D eigenvalue weighted by Crippen LogP contribution is -2.50. The largest absolute Gasteiger partial charge is 0.380 e. The van der Waals surface area contributed by atoms with Gasteiger partial charge in [-0.3, -0.25) is 0 Å². The molecule has 2 aliphatic rings. The molecule has 0 aromatic rings. The van der Waals surface area contributed by atoms with E-state index in [1.165, 1.54) is 25.9 Å². The Labute approximate surface area is 93.0 Å². The Balaban J connectivity index is 0.000000531. The van der Waals surface area contributed by atoms with Crippen LogP contribution in [-0.4, -0.2) is 37.7 Å². The van der Waals surface area contributed by atoms with Crippen LogP contribution < -0.4 is 0 Å². The predicted octanol–water partition coefficient (Wildman–Crippen LogP) is 2.04. The molecule has 0 atom stereocenters. The number of likely N-dealkylation sites (tertiary alicyclic amines) is 1. The van der Waals surface area contributed by atoms with Crippen LogP contribution in [0.1, 0.15) is 33.1 Å². The molecule has 86 valence electrons. The minimum Gasteiger partial charge on any atom is -0.380 e. The van der Waals surface area contributed by atoms with Crippen LogP contribution >= 0.6 is 0 Å². The molecule has 15 heavy (non-hydrogen) atoms. The highest BCUT2D eigenvalue weighted by Gasteiger charge is 2.40. The van der Waals surface area contributed by atoms with Crippen LogP contribution in [0.15, 0.2) is 0 Å². The van der Waals surface area contributed by atoms with Crippen molar-refractivity contribution in [1.29, 1.82) is 5.26 Å². The van der Waals surface area contributed by atoms with Crippen molar-refractivity contribution in [1.82, 2.24) is 4.90 Å². The predicted molar refractivity (Wildman–Crippen MR) is 60.5 cm³/mol. The zero-order chi connectivity index (χ0) is 11.1. The Morgan fingerprint density at radius 2 is 1.87 bits per heavy atom. The first kappa shape index (κ1) is 12.5. The molecular formula is C12H22N2O. The lowest BCUT2D eigenvalue weighted by Gasteiger charge is -2.42. The number of nitrogens with zero attached hydrogens (tertiary/aromatic N) is 2. The third-order valence-electron chi connectivity index (χ3n) is 3.03. The maximum absolute atomic E-state index is 8.72. The molecule has 0 bridgehead atoms. The molecule has 2 aliphatic heterocycles. The van der Waals surface area contributed by atoms with Crippen LogP contribution in [0.4, 0.5) is 0 Å². The van der Waals surface area contributed by atoms with Gasteiger partial charge in [-0.2, -0.15) is 5.26 Å². The number of ether oxygens (including phenoxy) is 1. The number of hydrogen-bond donors (Lipinski definition) is 0. The zero-order valence-electron chi connectivity index (χ0n) is 9.96. The maximum atomic E-state index is 8.72. The molecule has 3 nitrogen and oxygen atoms in total. The Morgan fingerprint density at radius 3 is 2.27 bits per heavy atom. The highest BCUT2D eigenvalue weighted by Crippen LogP contribution is 2.32. The Kier molecular flexibility index (Phi) is 5.07. The lowest BCUT2D eigenvalue weighted by molar-refractivity contribution is -0.121. The summed E-state index contributed by atoms with van der Waals surface area (Å²) >= 11 is 0. The first-order chi connectivity index (χ1) is 7.35. The quantitative estimate of drug-likeness (QED) is 0.715. The van der Waals surface area contributed by atoms with Gasteiger partial charge in [0.1, 0.15) is 0 Å². The molecule has 0 aromatic carbocycles. The molecule has 0 aromatic heterocycles. The highest BCUT2D eigenvalue weighted by atomic mass is 16.5. The van der Waals surface area contributed by atoms with Gasteiger partial charge in [0.25, 0.3) is 0 Å². The van der Waals surface area contributed by atoms with Gasteiger partial charge in [-0.05, 0) is 25.9 Å². The van der Waals surface area contributed by atoms with E-state index in [1.807, 2.05) is 13.8 Å². The molecule has 0 saturated carbocycles. The molecule has 2 rings (SSSR count). The second kappa shape index (κ2) is 6.09. The average Bonchev–Trinajstić information content (AvgIpc) is 2.70. The van der Waals surface area contributed by atoms with E-state index in [-0.39, 0.29) is 5.41 Å². The molecule has 0 aliphatic carbocycles. The fraction of sp³-hybridized carbons (Fsp3) is 0.917. The van der Waals surface area contributed by atoms with Gasteiger partial charge in [-0.1, -0.05) is 13.8 Å². The van der Waals surface area contributed by atoms with Crippen LogP contribution in [0.2, 0.25) is 0 Å². The standard InChI is InChI=1S/C10H16N2O.C2H6/c11-4-3-10(8-13-9-10)7-12-5-1-2-6-12;1-2/h1-3,5-9H2;1-2H3. The molecule has 3 heteroatoms. The van der Waals surface area contributed by atoms with E-state index in [2.05, 4.69) is 11.0 Å². The maximum Gasteiger partial charge on any atom is 0.0629 e. The van der Waals surface area contributed by atoms with Gasteiger partial charge in [0.05, 0.1) is 19.3 Å². The number of nitriles is 1. The molecule has 0 spiro atoms. The normalized spacial score (nSPS) is 23.5. The van der Waals surface area contributed by atoms with Crippen molar-refractivity contribution in [3.63, 3.8) is 0 Å². The zero-order valence-corrected chi connectivity index (χ0v) is 9.96. The van der Waals surface area contributed by atoms with E-state index < -0.39 is 0 Å². The Bertz CT molecular complexity index is 212. The van der Waals surface area contributed by atoms with E-state index in [9.17, 15) is 0 Å². The molecule has 2 heterocycles. The third kappa shape index (κ3) is 3.19. The van der Waals surface area contributed by atoms with Crippen LogP contribution in [0.25, 0.3) is 0 Å². The summed E-state index contributed by atoms with van der Waals surface area (Å²) in [4.78, 5) is 2.47. The van der Waals surface area contributed by atoms with Crippen molar-refractivity contribution >= 4 is 0 Å². The minimum atomic E-state index is 0.180. The highest BCUT2D eigenvalue weighted by molar-refractivity contribution is 4.96. The van der Waals surface area contributed by atoms with Crippen LogP contribution in [-0.2, 0) is 4.74 Å². The fourth-order valence-corrected chi connectivity index (χ4v) is 2.22. The summed E-state index contributed by atoms with van der Waals surface area (Å²) in [6, 6.07) is 2.28. The second-order valence-corrected chi connectivity index (χ2v) is 4.31. The fourth-order valence-electron chi connectivity index (χ4n) is 2.22. The van der Waals surface area contributed by atoms with Gasteiger partial charge in [0.2, 0.25) is 0 Å². The van der Waals surface area contributed by atoms with Crippen molar-refractivity contribution in [3.8, 4) is 6.07 Å². The van der Waals surface area contributed by atoms with Gasteiger partial charge in [0, 0.05) is 18.4 Å². The average molecular weight is 210 g/mol. The van der Waals surface area contributed by atoms with E-state index in [4.69, 9.17) is 10.00 Å². The number of rotatable bonds is 3. The van der Waals surface area contributed by atoms with Gasteiger partial charge < -0.3 is 9.64 Å². The summed E-state index contributed by atoms with van der Waals surface area (Å²) < 4.78 is 5.22. The second-order valence-electron chi connectivity index (χ2n) is 4.31. The SMILES string of the molecule is CC.N#CCC1(CN2CCCC2)COC1.